The van der Waals surface area contributed by atoms with Crippen LogP contribution in [-0.2, 0) is 0 Å². The third kappa shape index (κ3) is 3.69. The van der Waals surface area contributed by atoms with E-state index in [9.17, 15) is 5.11 Å². The zero-order valence-corrected chi connectivity index (χ0v) is 11.6. The molecule has 3 heteroatoms. The van der Waals surface area contributed by atoms with Crippen molar-refractivity contribution in [1.82, 2.24) is 5.32 Å². The van der Waals surface area contributed by atoms with Gasteiger partial charge in [-0.3, -0.25) is 5.32 Å². The number of aliphatic hydroxyl groups excluding tert-OH is 1. The normalized spacial score (nSPS) is 14.6. The van der Waals surface area contributed by atoms with E-state index in [1.54, 1.807) is 6.92 Å². The number of benzene rings is 2. The summed E-state index contributed by atoms with van der Waals surface area (Å²) < 4.78 is 5.83. The van der Waals surface area contributed by atoms with Crippen LogP contribution in [0, 0.1) is 0 Å². The molecule has 0 aliphatic rings. The maximum atomic E-state index is 9.75. The van der Waals surface area contributed by atoms with Gasteiger partial charge in [0.1, 0.15) is 11.9 Å². The van der Waals surface area contributed by atoms with Crippen LogP contribution in [-0.4, -0.2) is 23.5 Å². The van der Waals surface area contributed by atoms with Gasteiger partial charge in [-0.25, -0.2) is 0 Å². The second-order valence-corrected chi connectivity index (χ2v) is 5.11. The van der Waals surface area contributed by atoms with Gasteiger partial charge in [0, 0.05) is 6.04 Å². The number of nitrogens with one attached hydrogen (secondary N) is 1. The summed E-state index contributed by atoms with van der Waals surface area (Å²) in [6.07, 6.45) is -0.977. The molecule has 0 aromatic heterocycles. The first kappa shape index (κ1) is 13.8. The standard InChI is InChI=1S/C16H21NO2/c1-11(2)17-16(12(3)18)19-15-9-8-13-6-4-5-7-14(13)10-15/h4-12,16-18H,1-3H3. The van der Waals surface area contributed by atoms with Gasteiger partial charge in [0.15, 0.2) is 6.23 Å². The highest BCUT2D eigenvalue weighted by Gasteiger charge is 2.17. The van der Waals surface area contributed by atoms with Gasteiger partial charge in [-0.05, 0) is 43.7 Å². The van der Waals surface area contributed by atoms with Crippen LogP contribution in [0.1, 0.15) is 20.8 Å². The first-order valence-electron chi connectivity index (χ1n) is 6.66. The van der Waals surface area contributed by atoms with Crippen LogP contribution in [0.5, 0.6) is 5.75 Å². The largest absolute Gasteiger partial charge is 0.473 e. The molecule has 0 fully saturated rings. The van der Waals surface area contributed by atoms with Crippen LogP contribution < -0.4 is 10.1 Å². The molecule has 0 spiro atoms. The summed E-state index contributed by atoms with van der Waals surface area (Å²) in [7, 11) is 0. The summed E-state index contributed by atoms with van der Waals surface area (Å²) in [5.74, 6) is 0.762. The second kappa shape index (κ2) is 6.04. The highest BCUT2D eigenvalue weighted by atomic mass is 16.5. The summed E-state index contributed by atoms with van der Waals surface area (Å²) in [6, 6.07) is 14.3. The smallest absolute Gasteiger partial charge is 0.176 e. The zero-order valence-electron chi connectivity index (χ0n) is 11.6. The number of fused-ring (bicyclic) bond motifs is 1. The molecule has 0 heterocycles. The minimum atomic E-state index is -0.575. The van der Waals surface area contributed by atoms with Crippen molar-refractivity contribution in [3.63, 3.8) is 0 Å². The molecule has 2 atom stereocenters. The molecule has 2 aromatic carbocycles. The predicted octanol–water partition coefficient (Wildman–Crippen LogP) is 2.92. The fourth-order valence-electron chi connectivity index (χ4n) is 1.99. The molecule has 0 saturated heterocycles. The van der Waals surface area contributed by atoms with Crippen molar-refractivity contribution in [2.75, 3.05) is 0 Å². The number of aliphatic hydroxyl groups is 1. The highest BCUT2D eigenvalue weighted by Crippen LogP contribution is 2.21. The average molecular weight is 259 g/mol. The minimum absolute atomic E-state index is 0.250. The van der Waals surface area contributed by atoms with Gasteiger partial charge in [-0.15, -0.1) is 0 Å². The van der Waals surface area contributed by atoms with Gasteiger partial charge in [0.25, 0.3) is 0 Å². The van der Waals surface area contributed by atoms with Gasteiger partial charge < -0.3 is 9.84 Å². The van der Waals surface area contributed by atoms with E-state index in [1.807, 2.05) is 44.2 Å². The first-order chi connectivity index (χ1) is 9.06. The van der Waals surface area contributed by atoms with Crippen LogP contribution in [0.3, 0.4) is 0 Å². The Hall–Kier alpha value is -1.58. The summed E-state index contributed by atoms with van der Waals surface area (Å²) in [5, 5.41) is 15.3. The molecule has 2 rings (SSSR count). The van der Waals surface area contributed by atoms with Crippen molar-refractivity contribution in [3.05, 3.63) is 42.5 Å². The fraction of sp³-hybridized carbons (Fsp3) is 0.375. The molecule has 0 saturated carbocycles. The molecular weight excluding hydrogens is 238 g/mol. The SMILES string of the molecule is CC(C)NC(Oc1ccc2ccccc2c1)C(C)O. The monoisotopic (exact) mass is 259 g/mol. The van der Waals surface area contributed by atoms with E-state index in [2.05, 4.69) is 17.4 Å². The van der Waals surface area contributed by atoms with Crippen molar-refractivity contribution in [2.45, 2.75) is 39.1 Å². The van der Waals surface area contributed by atoms with E-state index in [0.29, 0.717) is 0 Å². The molecule has 0 amide bonds. The highest BCUT2D eigenvalue weighted by molar-refractivity contribution is 5.83. The molecule has 0 aliphatic heterocycles. The van der Waals surface area contributed by atoms with E-state index in [0.717, 1.165) is 11.1 Å². The third-order valence-corrected chi connectivity index (χ3v) is 2.92. The van der Waals surface area contributed by atoms with Gasteiger partial charge >= 0.3 is 0 Å². The average Bonchev–Trinajstić information content (AvgIpc) is 2.37. The quantitative estimate of drug-likeness (QED) is 0.811. The molecular formula is C16H21NO2. The summed E-state index contributed by atoms with van der Waals surface area (Å²) in [6.45, 7) is 5.78. The van der Waals surface area contributed by atoms with E-state index >= 15 is 0 Å². The Labute approximate surface area is 114 Å². The summed E-state index contributed by atoms with van der Waals surface area (Å²) in [4.78, 5) is 0. The maximum Gasteiger partial charge on any atom is 0.176 e. The summed E-state index contributed by atoms with van der Waals surface area (Å²) >= 11 is 0. The molecule has 0 aliphatic carbocycles. The zero-order chi connectivity index (χ0) is 13.8. The molecule has 0 bridgehead atoms. The lowest BCUT2D eigenvalue weighted by Crippen LogP contribution is -2.46. The number of hydrogen-bond acceptors (Lipinski definition) is 3. The van der Waals surface area contributed by atoms with Crippen molar-refractivity contribution in [1.29, 1.82) is 0 Å². The van der Waals surface area contributed by atoms with E-state index < -0.39 is 12.3 Å². The Bertz CT molecular complexity index is 537. The molecule has 2 N–H and O–H groups in total. The lowest BCUT2D eigenvalue weighted by Gasteiger charge is -2.25. The Kier molecular flexibility index (Phi) is 4.40. The van der Waals surface area contributed by atoms with Gasteiger partial charge in [0.2, 0.25) is 0 Å². The van der Waals surface area contributed by atoms with E-state index in [1.165, 1.54) is 5.39 Å². The third-order valence-electron chi connectivity index (χ3n) is 2.92. The van der Waals surface area contributed by atoms with Crippen molar-refractivity contribution < 1.29 is 9.84 Å². The molecule has 102 valence electrons. The van der Waals surface area contributed by atoms with E-state index in [4.69, 9.17) is 4.74 Å². The molecule has 3 nitrogen and oxygen atoms in total. The maximum absolute atomic E-state index is 9.75. The topological polar surface area (TPSA) is 41.5 Å². The first-order valence-corrected chi connectivity index (χ1v) is 6.66. The lowest BCUT2D eigenvalue weighted by atomic mass is 10.1. The molecule has 0 radical (unpaired) electrons. The van der Waals surface area contributed by atoms with Crippen LogP contribution in [0.4, 0.5) is 0 Å². The minimum Gasteiger partial charge on any atom is -0.473 e. The molecule has 2 unspecified atom stereocenters. The van der Waals surface area contributed by atoms with Crippen molar-refractivity contribution in [2.24, 2.45) is 0 Å². The van der Waals surface area contributed by atoms with Crippen molar-refractivity contribution >= 4 is 10.8 Å². The predicted molar refractivity (Wildman–Crippen MR) is 78.3 cm³/mol. The fourth-order valence-corrected chi connectivity index (χ4v) is 1.99. The second-order valence-electron chi connectivity index (χ2n) is 5.11. The molecule has 2 aromatic rings. The number of ether oxygens (including phenoxy) is 1. The van der Waals surface area contributed by atoms with Crippen LogP contribution in [0.2, 0.25) is 0 Å². The van der Waals surface area contributed by atoms with Gasteiger partial charge in [0.05, 0.1) is 0 Å². The van der Waals surface area contributed by atoms with Crippen molar-refractivity contribution in [3.8, 4) is 5.75 Å². The van der Waals surface area contributed by atoms with Gasteiger partial charge in [-0.2, -0.15) is 0 Å². The Morgan fingerprint density at radius 2 is 1.68 bits per heavy atom. The van der Waals surface area contributed by atoms with Crippen LogP contribution >= 0.6 is 0 Å². The van der Waals surface area contributed by atoms with Crippen LogP contribution in [0.25, 0.3) is 10.8 Å². The lowest BCUT2D eigenvalue weighted by molar-refractivity contribution is 0.0219. The Morgan fingerprint density at radius 3 is 2.32 bits per heavy atom. The molecule has 19 heavy (non-hydrogen) atoms. The van der Waals surface area contributed by atoms with E-state index in [-0.39, 0.29) is 6.04 Å². The number of rotatable bonds is 5. The summed E-state index contributed by atoms with van der Waals surface area (Å²) in [5.41, 5.74) is 0. The van der Waals surface area contributed by atoms with Gasteiger partial charge in [-0.1, -0.05) is 30.3 Å². The number of hydrogen-bond donors (Lipinski definition) is 2. The Balaban J connectivity index is 2.18. The Morgan fingerprint density at radius 1 is 1.00 bits per heavy atom. The van der Waals surface area contributed by atoms with Crippen LogP contribution in [0.15, 0.2) is 42.5 Å².